The van der Waals surface area contributed by atoms with Gasteiger partial charge in [-0.05, 0) is 6.92 Å². The summed E-state index contributed by atoms with van der Waals surface area (Å²) in [5.41, 5.74) is 0. The molecule has 1 atom stereocenters. The number of rotatable bonds is 5. The van der Waals surface area contributed by atoms with E-state index in [1.807, 2.05) is 6.92 Å². The van der Waals surface area contributed by atoms with E-state index in [0.29, 0.717) is 11.0 Å². The van der Waals surface area contributed by atoms with Crippen LogP contribution in [0.4, 0.5) is 0 Å². The Hall–Kier alpha value is -0.910. The molecule has 15 heavy (non-hydrogen) atoms. The number of aromatic nitrogens is 2. The van der Waals surface area contributed by atoms with E-state index in [1.54, 1.807) is 14.2 Å². The number of hydrogen-bond acceptors (Lipinski definition) is 5. The molecule has 0 saturated carbocycles. The molecule has 0 aliphatic heterocycles. The first-order valence-electron chi connectivity index (χ1n) is 4.37. The molecule has 6 heteroatoms. The molecule has 1 rings (SSSR count). The van der Waals surface area contributed by atoms with E-state index in [1.165, 1.54) is 12.4 Å². The van der Waals surface area contributed by atoms with Crippen molar-refractivity contribution in [1.82, 2.24) is 9.97 Å². The zero-order valence-electron chi connectivity index (χ0n) is 8.81. The molecule has 0 saturated heterocycles. The van der Waals surface area contributed by atoms with Gasteiger partial charge in [-0.15, -0.1) is 0 Å². The highest BCUT2D eigenvalue weighted by Gasteiger charge is 2.18. The molecule has 1 aromatic heterocycles. The third-order valence-electron chi connectivity index (χ3n) is 1.76. The molecule has 0 amide bonds. The first-order chi connectivity index (χ1) is 7.17. The van der Waals surface area contributed by atoms with E-state index in [4.69, 9.17) is 25.8 Å². The molecule has 0 aliphatic carbocycles. The molecular weight excluding hydrogens is 220 g/mol. The average Bonchev–Trinajstić information content (AvgIpc) is 2.19. The highest BCUT2D eigenvalue weighted by atomic mass is 35.5. The van der Waals surface area contributed by atoms with Gasteiger partial charge in [-0.25, -0.2) is 9.97 Å². The van der Waals surface area contributed by atoms with Crippen molar-refractivity contribution < 1.29 is 14.2 Å². The Labute approximate surface area is 93.3 Å². The highest BCUT2D eigenvalue weighted by Crippen LogP contribution is 2.14. The third-order valence-corrected chi connectivity index (χ3v) is 1.97. The predicted molar refractivity (Wildman–Crippen MR) is 54.9 cm³/mol. The summed E-state index contributed by atoms with van der Waals surface area (Å²) in [6.07, 6.45) is 0.601. The smallest absolute Gasteiger partial charge is 0.218 e. The SMILES string of the molecule is COC(OC)C(C)Oc1cc(Cl)ncn1. The van der Waals surface area contributed by atoms with Gasteiger partial charge in [-0.1, -0.05) is 11.6 Å². The van der Waals surface area contributed by atoms with Crippen molar-refractivity contribution in [1.29, 1.82) is 0 Å². The quantitative estimate of drug-likeness (QED) is 0.569. The molecule has 0 fully saturated rings. The Morgan fingerprint density at radius 1 is 1.27 bits per heavy atom. The lowest BCUT2D eigenvalue weighted by Gasteiger charge is -2.21. The van der Waals surface area contributed by atoms with Gasteiger partial charge in [0.2, 0.25) is 5.88 Å². The average molecular weight is 233 g/mol. The largest absolute Gasteiger partial charge is 0.469 e. The van der Waals surface area contributed by atoms with Gasteiger partial charge < -0.3 is 14.2 Å². The Morgan fingerprint density at radius 3 is 2.47 bits per heavy atom. The minimum atomic E-state index is -0.446. The van der Waals surface area contributed by atoms with Crippen molar-refractivity contribution in [2.45, 2.75) is 19.3 Å². The second-order valence-corrected chi connectivity index (χ2v) is 3.23. The topological polar surface area (TPSA) is 53.5 Å². The second kappa shape index (κ2) is 5.85. The Balaban J connectivity index is 2.61. The first kappa shape index (κ1) is 12.2. The van der Waals surface area contributed by atoms with Crippen molar-refractivity contribution in [3.63, 3.8) is 0 Å². The summed E-state index contributed by atoms with van der Waals surface area (Å²) in [6, 6.07) is 1.53. The van der Waals surface area contributed by atoms with Crippen LogP contribution in [0.5, 0.6) is 5.88 Å². The van der Waals surface area contributed by atoms with Crippen LogP contribution in [0.2, 0.25) is 5.15 Å². The monoisotopic (exact) mass is 232 g/mol. The van der Waals surface area contributed by atoms with Gasteiger partial charge in [-0.3, -0.25) is 0 Å². The molecule has 1 unspecified atom stereocenters. The Bertz CT molecular complexity index is 307. The van der Waals surface area contributed by atoms with Crippen molar-refractivity contribution in [3.05, 3.63) is 17.5 Å². The third kappa shape index (κ3) is 3.62. The molecule has 84 valence electrons. The van der Waals surface area contributed by atoms with Crippen LogP contribution in [-0.4, -0.2) is 36.6 Å². The maximum absolute atomic E-state index is 5.68. The minimum Gasteiger partial charge on any atom is -0.469 e. The fraction of sp³-hybridized carbons (Fsp3) is 0.556. The van der Waals surface area contributed by atoms with E-state index in [9.17, 15) is 0 Å². The summed E-state index contributed by atoms with van der Waals surface area (Å²) in [5, 5.41) is 0.332. The van der Waals surface area contributed by atoms with E-state index in [2.05, 4.69) is 9.97 Å². The lowest BCUT2D eigenvalue weighted by Crippen LogP contribution is -2.32. The molecule has 0 aliphatic rings. The van der Waals surface area contributed by atoms with Crippen LogP contribution in [0.25, 0.3) is 0 Å². The molecule has 0 spiro atoms. The van der Waals surface area contributed by atoms with Gasteiger partial charge in [0.25, 0.3) is 0 Å². The summed E-state index contributed by atoms with van der Waals surface area (Å²) in [6.45, 7) is 1.81. The van der Waals surface area contributed by atoms with Crippen LogP contribution in [0.1, 0.15) is 6.92 Å². The van der Waals surface area contributed by atoms with Gasteiger partial charge >= 0.3 is 0 Å². The van der Waals surface area contributed by atoms with Crippen molar-refractivity contribution >= 4 is 11.6 Å². The van der Waals surface area contributed by atoms with Crippen LogP contribution >= 0.6 is 11.6 Å². The maximum atomic E-state index is 5.68. The van der Waals surface area contributed by atoms with E-state index in [-0.39, 0.29) is 6.10 Å². The highest BCUT2D eigenvalue weighted by molar-refractivity contribution is 6.29. The zero-order valence-corrected chi connectivity index (χ0v) is 9.56. The van der Waals surface area contributed by atoms with Crippen LogP contribution in [0, 0.1) is 0 Å². The fourth-order valence-electron chi connectivity index (χ4n) is 1.11. The Morgan fingerprint density at radius 2 is 1.93 bits per heavy atom. The Kier molecular flexibility index (Phi) is 4.74. The van der Waals surface area contributed by atoms with E-state index < -0.39 is 6.29 Å². The number of halogens is 1. The molecule has 1 heterocycles. The van der Waals surface area contributed by atoms with Gasteiger partial charge in [-0.2, -0.15) is 0 Å². The van der Waals surface area contributed by atoms with Crippen molar-refractivity contribution in [2.75, 3.05) is 14.2 Å². The van der Waals surface area contributed by atoms with Crippen LogP contribution in [-0.2, 0) is 9.47 Å². The summed E-state index contributed by atoms with van der Waals surface area (Å²) in [7, 11) is 3.09. The molecule has 0 radical (unpaired) electrons. The number of ether oxygens (including phenoxy) is 3. The molecule has 0 bridgehead atoms. The molecular formula is C9H13ClN2O3. The molecule has 0 N–H and O–H groups in total. The normalized spacial score (nSPS) is 12.9. The minimum absolute atomic E-state index is 0.286. The summed E-state index contributed by atoms with van der Waals surface area (Å²) < 4.78 is 15.5. The van der Waals surface area contributed by atoms with Gasteiger partial charge in [0.05, 0.1) is 0 Å². The maximum Gasteiger partial charge on any atom is 0.218 e. The fourth-order valence-corrected chi connectivity index (χ4v) is 1.24. The molecule has 1 aromatic rings. The van der Waals surface area contributed by atoms with Crippen molar-refractivity contribution in [2.24, 2.45) is 0 Å². The summed E-state index contributed by atoms with van der Waals surface area (Å²) in [5.74, 6) is 0.390. The van der Waals surface area contributed by atoms with Crippen LogP contribution in [0.3, 0.4) is 0 Å². The summed E-state index contributed by atoms with van der Waals surface area (Å²) >= 11 is 5.68. The van der Waals surface area contributed by atoms with Crippen LogP contribution < -0.4 is 4.74 Å². The van der Waals surface area contributed by atoms with Crippen molar-refractivity contribution in [3.8, 4) is 5.88 Å². The van der Waals surface area contributed by atoms with E-state index in [0.717, 1.165) is 0 Å². The zero-order chi connectivity index (χ0) is 11.3. The number of nitrogens with zero attached hydrogens (tertiary/aromatic N) is 2. The lowest BCUT2D eigenvalue weighted by atomic mass is 10.4. The van der Waals surface area contributed by atoms with E-state index >= 15 is 0 Å². The number of methoxy groups -OCH3 is 2. The first-order valence-corrected chi connectivity index (χ1v) is 4.75. The summed E-state index contributed by atoms with van der Waals surface area (Å²) in [4.78, 5) is 7.65. The van der Waals surface area contributed by atoms with Gasteiger partial charge in [0, 0.05) is 20.3 Å². The lowest BCUT2D eigenvalue weighted by molar-refractivity contribution is -0.151. The molecule has 5 nitrogen and oxygen atoms in total. The van der Waals surface area contributed by atoms with Gasteiger partial charge in [0.1, 0.15) is 17.6 Å². The predicted octanol–water partition coefficient (Wildman–Crippen LogP) is 1.52. The number of hydrogen-bond donors (Lipinski definition) is 0. The second-order valence-electron chi connectivity index (χ2n) is 2.84. The molecule has 0 aromatic carbocycles. The van der Waals surface area contributed by atoms with Gasteiger partial charge in [0.15, 0.2) is 6.29 Å². The van der Waals surface area contributed by atoms with Crippen LogP contribution in [0.15, 0.2) is 12.4 Å². The standard InChI is InChI=1S/C9H13ClN2O3/c1-6(9(13-2)14-3)15-8-4-7(10)11-5-12-8/h4-6,9H,1-3H3.